The standard InChI is InChI=1S/Fe.N2.2Sn/c;1-2;;/q;-2;2*+1. The van der Waals surface area contributed by atoms with Gasteiger partial charge in [0.25, 0.3) is 0 Å². The molecule has 0 aliphatic carbocycles. The van der Waals surface area contributed by atoms with E-state index in [0.717, 1.165) is 45.6 Å². The van der Waals surface area contributed by atoms with Crippen molar-refractivity contribution in [2.45, 2.75) is 0 Å². The van der Waals surface area contributed by atoms with E-state index < -0.39 is 0 Å². The van der Waals surface area contributed by atoms with Crippen LogP contribution in [0.15, 0.2) is 6.67 Å². The van der Waals surface area contributed by atoms with Crippen LogP contribution >= 0.6 is 0 Å². The number of rotatable bonds is 0. The fraction of sp³-hybridized carbons (Fsp3) is 0. The second-order valence-corrected chi connectivity index (χ2v) is 1.34. The molecule has 6 radical (unpaired) electrons. The van der Waals surface area contributed by atoms with E-state index in [1.54, 1.807) is 0 Å². The van der Waals surface area contributed by atoms with Gasteiger partial charge in [0, 0.05) is 17.1 Å². The monoisotopic (exact) mass is 324 g/mol. The first-order chi connectivity index (χ1) is 1.91. The molecule has 2 nitrogen and oxygen atoms in total. The summed E-state index contributed by atoms with van der Waals surface area (Å²) < 4.78 is 6.98. The number of nitrogens with zero attached hydrogens (tertiary/aromatic N) is 2. The first-order valence-corrected chi connectivity index (χ1v) is 3.20. The van der Waals surface area contributed by atoms with E-state index in [1.165, 1.54) is 0 Å². The first kappa shape index (κ1) is 9.87. The summed E-state index contributed by atoms with van der Waals surface area (Å²) in [6.45, 7) is 0. The van der Waals surface area contributed by atoms with Gasteiger partial charge in [-0.05, 0) is 0 Å². The molecule has 0 bridgehead atoms. The summed E-state index contributed by atoms with van der Waals surface area (Å²) in [7, 11) is 0. The van der Waals surface area contributed by atoms with Gasteiger partial charge in [-0.25, -0.2) is 0 Å². The van der Waals surface area contributed by atoms with Gasteiger partial charge in [-0.1, -0.05) is 0 Å². The van der Waals surface area contributed by atoms with Crippen molar-refractivity contribution in [2.24, 2.45) is 6.67 Å². The molecule has 0 aromatic carbocycles. The van der Waals surface area contributed by atoms with Crippen molar-refractivity contribution in [2.75, 3.05) is 0 Å². The molecule has 0 saturated heterocycles. The molecule has 0 spiro atoms. The van der Waals surface area contributed by atoms with E-state index in [2.05, 4.69) is 6.67 Å². The number of hydrogen-bond donors (Lipinski definition) is 0. The summed E-state index contributed by atoms with van der Waals surface area (Å²) in [6, 6.07) is 0. The van der Waals surface area contributed by atoms with E-state index >= 15 is 0 Å². The summed E-state index contributed by atoms with van der Waals surface area (Å²) >= 11 is 2.30. The van der Waals surface area contributed by atoms with E-state index in [-0.39, 0.29) is 17.1 Å². The SMILES string of the molecule is [Fe].[Sn][N]=[N][Sn]. The summed E-state index contributed by atoms with van der Waals surface area (Å²) in [5.41, 5.74) is 0. The topological polar surface area (TPSA) is 24.7 Å². The Balaban J connectivity index is 0. The van der Waals surface area contributed by atoms with E-state index in [4.69, 9.17) is 0 Å². The summed E-state index contributed by atoms with van der Waals surface area (Å²) in [4.78, 5) is 0. The van der Waals surface area contributed by atoms with Gasteiger partial charge in [0.15, 0.2) is 0 Å². The van der Waals surface area contributed by atoms with Gasteiger partial charge in [0.1, 0.15) is 0 Å². The zero-order valence-corrected chi connectivity index (χ0v) is 9.06. The second-order valence-electron chi connectivity index (χ2n) is 0.200. The molecular weight excluding hydrogens is 321 g/mol. The molecule has 0 aromatic rings. The predicted octanol–water partition coefficient (Wildman–Crippen LogP) is -0.397. The Bertz CT molecular complexity index is 22.8. The van der Waals surface area contributed by atoms with Gasteiger partial charge in [0.05, 0.1) is 0 Å². The van der Waals surface area contributed by atoms with Gasteiger partial charge in [-0.2, -0.15) is 0 Å². The van der Waals surface area contributed by atoms with Gasteiger partial charge in [0.2, 0.25) is 0 Å². The quantitative estimate of drug-likeness (QED) is 0.429. The molecule has 0 aliphatic rings. The zero-order chi connectivity index (χ0) is 3.41. The average molecular weight is 321 g/mol. The van der Waals surface area contributed by atoms with Crippen LogP contribution in [0.25, 0.3) is 0 Å². The second kappa shape index (κ2) is 9.21. The van der Waals surface area contributed by atoms with Crippen molar-refractivity contribution in [3.63, 3.8) is 0 Å². The molecule has 0 saturated carbocycles. The van der Waals surface area contributed by atoms with Crippen molar-refractivity contribution >= 4 is 45.6 Å². The third-order valence-electron chi connectivity index (χ3n) is 0.0500. The number of hydrogen-bond acceptors (Lipinski definition) is 2. The molecule has 0 amide bonds. The Hall–Kier alpha value is 1.72. The molecule has 0 unspecified atom stereocenters. The predicted molar refractivity (Wildman–Crippen MR) is 16.4 cm³/mol. The molecule has 0 aliphatic heterocycles. The van der Waals surface area contributed by atoms with E-state index in [1.807, 2.05) is 0 Å². The normalized spacial score (nSPS) is 7.60. The summed E-state index contributed by atoms with van der Waals surface area (Å²) in [6.07, 6.45) is 0. The van der Waals surface area contributed by atoms with Crippen molar-refractivity contribution in [1.82, 2.24) is 0 Å². The Kier molecular flexibility index (Phi) is 18.2. The van der Waals surface area contributed by atoms with Gasteiger partial charge >= 0.3 is 52.3 Å². The molecular formula is FeN2Sn2. The molecule has 0 fully saturated rings. The van der Waals surface area contributed by atoms with Gasteiger partial charge < -0.3 is 0 Å². The van der Waals surface area contributed by atoms with Gasteiger partial charge in [-0.3, -0.25) is 0 Å². The minimum atomic E-state index is 0. The fourth-order valence-corrected chi connectivity index (χ4v) is 0. The zero-order valence-electron chi connectivity index (χ0n) is 2.25. The van der Waals surface area contributed by atoms with Crippen LogP contribution in [-0.4, -0.2) is 45.6 Å². The Morgan fingerprint density at radius 1 is 1.00 bits per heavy atom. The van der Waals surface area contributed by atoms with Crippen molar-refractivity contribution < 1.29 is 17.1 Å². The van der Waals surface area contributed by atoms with Crippen LogP contribution in [0.3, 0.4) is 0 Å². The van der Waals surface area contributed by atoms with E-state index in [0.29, 0.717) is 0 Å². The molecule has 0 heterocycles. The van der Waals surface area contributed by atoms with Crippen molar-refractivity contribution in [3.8, 4) is 0 Å². The molecule has 0 atom stereocenters. The molecule has 0 aromatic heterocycles. The van der Waals surface area contributed by atoms with Crippen LogP contribution in [0.4, 0.5) is 0 Å². The van der Waals surface area contributed by atoms with Crippen LogP contribution in [0.5, 0.6) is 0 Å². The Morgan fingerprint density at radius 2 is 1.20 bits per heavy atom. The molecule has 0 rings (SSSR count). The molecule has 0 N–H and O–H groups in total. The van der Waals surface area contributed by atoms with Crippen LogP contribution in [0.1, 0.15) is 0 Å². The molecule has 5 heavy (non-hydrogen) atoms. The molecule has 26 valence electrons. The van der Waals surface area contributed by atoms with Crippen LogP contribution in [-0.2, 0) is 17.1 Å². The van der Waals surface area contributed by atoms with Crippen LogP contribution in [0, 0.1) is 0 Å². The summed E-state index contributed by atoms with van der Waals surface area (Å²) in [5.74, 6) is 0. The fourth-order valence-electron chi connectivity index (χ4n) is 0. The Morgan fingerprint density at radius 3 is 1.20 bits per heavy atom. The first-order valence-electron chi connectivity index (χ1n) is 0.647. The maximum atomic E-state index is 3.49. The van der Waals surface area contributed by atoms with Crippen molar-refractivity contribution in [1.29, 1.82) is 0 Å². The summed E-state index contributed by atoms with van der Waals surface area (Å²) in [5, 5.41) is 0. The van der Waals surface area contributed by atoms with Crippen molar-refractivity contribution in [3.05, 3.63) is 0 Å². The maximum absolute atomic E-state index is 3.49. The Labute approximate surface area is 68.5 Å². The van der Waals surface area contributed by atoms with Crippen LogP contribution in [0.2, 0.25) is 0 Å². The van der Waals surface area contributed by atoms with Crippen LogP contribution < -0.4 is 0 Å². The minimum absolute atomic E-state index is 0. The van der Waals surface area contributed by atoms with Gasteiger partial charge in [-0.15, -0.1) is 0 Å². The third-order valence-corrected chi connectivity index (χ3v) is 2.25. The molecule has 5 heteroatoms. The average Bonchev–Trinajstić information content (AvgIpc) is 1.37. The van der Waals surface area contributed by atoms with E-state index in [9.17, 15) is 0 Å². The third kappa shape index (κ3) is 10.7.